The van der Waals surface area contributed by atoms with Crippen LogP contribution in [0.4, 0.5) is 5.82 Å². The number of nitrogens with zero attached hydrogens (tertiary/aromatic N) is 4. The summed E-state index contributed by atoms with van der Waals surface area (Å²) in [6.07, 6.45) is -1.89. The third-order valence-electron chi connectivity index (χ3n) is 4.43. The molecule has 2 amide bonds. The van der Waals surface area contributed by atoms with Gasteiger partial charge in [0.1, 0.15) is 30.7 Å². The molecule has 0 radical (unpaired) electrons. The molecule has 2 fully saturated rings. The van der Waals surface area contributed by atoms with Gasteiger partial charge in [-0.2, -0.15) is 0 Å². The van der Waals surface area contributed by atoms with Gasteiger partial charge in [-0.1, -0.05) is 0 Å². The molecule has 4 heterocycles. The molecule has 0 spiro atoms. The van der Waals surface area contributed by atoms with Crippen molar-refractivity contribution in [3.8, 4) is 0 Å². The van der Waals surface area contributed by atoms with E-state index in [1.54, 1.807) is 0 Å². The SMILES string of the molecule is O=C1CC(Nc2ncnc3c2ncn3[C@@H]2O[C@H](CO)[C@@H](O)[C@H]2O)C(=O)N1. The molecule has 0 aliphatic carbocycles. The quantitative estimate of drug-likeness (QED) is 0.358. The zero-order valence-corrected chi connectivity index (χ0v) is 13.3. The number of rotatable bonds is 4. The van der Waals surface area contributed by atoms with Gasteiger partial charge in [-0.15, -0.1) is 0 Å². The molecule has 0 bridgehead atoms. The van der Waals surface area contributed by atoms with Gasteiger partial charge in [-0.3, -0.25) is 19.5 Å². The van der Waals surface area contributed by atoms with Crippen molar-refractivity contribution in [2.75, 3.05) is 11.9 Å². The van der Waals surface area contributed by atoms with Crippen LogP contribution in [0.15, 0.2) is 12.7 Å². The Hall–Kier alpha value is -2.67. The summed E-state index contributed by atoms with van der Waals surface area (Å²) in [5.41, 5.74) is 0.597. The molecule has 5 N–H and O–H groups in total. The number of anilines is 1. The first-order valence-corrected chi connectivity index (χ1v) is 7.90. The highest BCUT2D eigenvalue weighted by molar-refractivity contribution is 6.07. The largest absolute Gasteiger partial charge is 0.394 e. The number of imidazole rings is 1. The molecule has 1 unspecified atom stereocenters. The summed E-state index contributed by atoms with van der Waals surface area (Å²) in [4.78, 5) is 35.4. The molecule has 12 nitrogen and oxygen atoms in total. The Balaban J connectivity index is 1.65. The second-order valence-corrected chi connectivity index (χ2v) is 6.09. The van der Waals surface area contributed by atoms with Crippen molar-refractivity contribution in [3.63, 3.8) is 0 Å². The van der Waals surface area contributed by atoms with Crippen LogP contribution in [0.3, 0.4) is 0 Å². The third-order valence-corrected chi connectivity index (χ3v) is 4.43. The molecular formula is C14H16N6O6. The van der Waals surface area contributed by atoms with Gasteiger partial charge in [-0.05, 0) is 0 Å². The molecule has 0 saturated carbocycles. The van der Waals surface area contributed by atoms with E-state index in [1.807, 2.05) is 0 Å². The van der Waals surface area contributed by atoms with Crippen molar-refractivity contribution >= 4 is 28.8 Å². The van der Waals surface area contributed by atoms with E-state index in [0.29, 0.717) is 11.2 Å². The number of carbonyl (C=O) groups is 2. The smallest absolute Gasteiger partial charge is 0.249 e. The van der Waals surface area contributed by atoms with Gasteiger partial charge in [-0.25, -0.2) is 15.0 Å². The average molecular weight is 364 g/mol. The molecular weight excluding hydrogens is 348 g/mol. The minimum Gasteiger partial charge on any atom is -0.394 e. The van der Waals surface area contributed by atoms with Crippen molar-refractivity contribution in [2.24, 2.45) is 0 Å². The number of amides is 2. The maximum absolute atomic E-state index is 11.7. The Morgan fingerprint density at radius 2 is 2.08 bits per heavy atom. The summed E-state index contributed by atoms with van der Waals surface area (Å²) in [5.74, 6) is -0.588. The van der Waals surface area contributed by atoms with E-state index in [0.717, 1.165) is 0 Å². The number of nitrogens with one attached hydrogen (secondary N) is 2. The highest BCUT2D eigenvalue weighted by Crippen LogP contribution is 2.32. The number of carbonyl (C=O) groups excluding carboxylic acids is 2. The van der Waals surface area contributed by atoms with Crippen molar-refractivity contribution in [2.45, 2.75) is 37.0 Å². The second-order valence-electron chi connectivity index (χ2n) is 6.09. The van der Waals surface area contributed by atoms with Gasteiger partial charge in [0.05, 0.1) is 19.4 Å². The summed E-state index contributed by atoms with van der Waals surface area (Å²) >= 11 is 0. The number of aromatic nitrogens is 4. The topological polar surface area (TPSA) is 172 Å². The van der Waals surface area contributed by atoms with Crippen molar-refractivity contribution in [3.05, 3.63) is 12.7 Å². The van der Waals surface area contributed by atoms with Gasteiger partial charge in [0.25, 0.3) is 0 Å². The normalized spacial score (nSPS) is 31.6. The predicted molar refractivity (Wildman–Crippen MR) is 83.5 cm³/mol. The van der Waals surface area contributed by atoms with E-state index < -0.39 is 43.1 Å². The zero-order chi connectivity index (χ0) is 18.4. The van der Waals surface area contributed by atoms with Crippen LogP contribution in [-0.2, 0) is 14.3 Å². The van der Waals surface area contributed by atoms with E-state index in [-0.39, 0.29) is 18.1 Å². The molecule has 2 aliphatic rings. The van der Waals surface area contributed by atoms with Crippen molar-refractivity contribution in [1.29, 1.82) is 0 Å². The molecule has 138 valence electrons. The Kier molecular flexibility index (Phi) is 4.03. The van der Waals surface area contributed by atoms with Gasteiger partial charge < -0.3 is 25.4 Å². The fourth-order valence-electron chi connectivity index (χ4n) is 3.09. The third kappa shape index (κ3) is 2.59. The van der Waals surface area contributed by atoms with Crippen LogP contribution in [0.25, 0.3) is 11.2 Å². The maximum Gasteiger partial charge on any atom is 0.249 e. The molecule has 26 heavy (non-hydrogen) atoms. The number of aliphatic hydroxyl groups excluding tert-OH is 3. The second kappa shape index (κ2) is 6.25. The van der Waals surface area contributed by atoms with Crippen LogP contribution in [0.1, 0.15) is 12.6 Å². The summed E-state index contributed by atoms with van der Waals surface area (Å²) in [6.45, 7) is -0.450. The Labute approximate surface area is 145 Å². The van der Waals surface area contributed by atoms with E-state index >= 15 is 0 Å². The van der Waals surface area contributed by atoms with E-state index in [2.05, 4.69) is 25.6 Å². The van der Waals surface area contributed by atoms with E-state index in [1.165, 1.54) is 17.2 Å². The number of ether oxygens (including phenoxy) is 1. The van der Waals surface area contributed by atoms with Crippen LogP contribution < -0.4 is 10.6 Å². The Morgan fingerprint density at radius 1 is 1.27 bits per heavy atom. The fourth-order valence-corrected chi connectivity index (χ4v) is 3.09. The standard InChI is InChI=1S/C14H16N6O6/c21-2-6-9(23)10(24)14(26-6)20-4-17-8-11(15-3-16-12(8)20)18-5-1-7(22)19-13(5)25/h3-6,9-10,14,21,23-24H,1-2H2,(H,15,16,18)(H,19,22,25)/t5?,6-,9-,10-,14-/m1/s1. The van der Waals surface area contributed by atoms with Gasteiger partial charge >= 0.3 is 0 Å². The predicted octanol–water partition coefficient (Wildman–Crippen LogP) is -2.74. The minimum atomic E-state index is -1.28. The summed E-state index contributed by atoms with van der Waals surface area (Å²) < 4.78 is 6.88. The Morgan fingerprint density at radius 3 is 2.73 bits per heavy atom. The molecule has 2 saturated heterocycles. The number of fused-ring (bicyclic) bond motifs is 1. The number of hydrogen-bond acceptors (Lipinski definition) is 10. The van der Waals surface area contributed by atoms with Crippen LogP contribution in [0, 0.1) is 0 Å². The van der Waals surface area contributed by atoms with E-state index in [9.17, 15) is 24.9 Å². The van der Waals surface area contributed by atoms with Crippen molar-refractivity contribution < 1.29 is 29.6 Å². The summed E-state index contributed by atoms with van der Waals surface area (Å²) in [5, 5.41) is 34.3. The monoisotopic (exact) mass is 364 g/mol. The fraction of sp³-hybridized carbons (Fsp3) is 0.500. The molecule has 0 aromatic carbocycles. The summed E-state index contributed by atoms with van der Waals surface area (Å²) in [7, 11) is 0. The highest BCUT2D eigenvalue weighted by atomic mass is 16.6. The number of aliphatic hydroxyl groups is 3. The van der Waals surface area contributed by atoms with Crippen LogP contribution in [0.5, 0.6) is 0 Å². The molecule has 2 aromatic rings. The minimum absolute atomic E-state index is 0.0140. The first-order chi connectivity index (χ1) is 12.5. The number of hydrogen-bond donors (Lipinski definition) is 5. The lowest BCUT2D eigenvalue weighted by atomic mass is 10.1. The van der Waals surface area contributed by atoms with Crippen LogP contribution in [0.2, 0.25) is 0 Å². The molecule has 2 aromatic heterocycles. The van der Waals surface area contributed by atoms with Crippen LogP contribution in [-0.4, -0.2) is 77.6 Å². The highest BCUT2D eigenvalue weighted by Gasteiger charge is 2.44. The first kappa shape index (κ1) is 16.8. The van der Waals surface area contributed by atoms with Gasteiger partial charge in [0, 0.05) is 0 Å². The van der Waals surface area contributed by atoms with Gasteiger partial charge in [0.15, 0.2) is 23.2 Å². The van der Waals surface area contributed by atoms with Crippen LogP contribution >= 0.6 is 0 Å². The number of imide groups is 1. The lowest BCUT2D eigenvalue weighted by Crippen LogP contribution is -2.33. The molecule has 2 aliphatic heterocycles. The average Bonchev–Trinajstić information content (AvgIpc) is 3.26. The molecule has 12 heteroatoms. The molecule has 4 rings (SSSR count). The lowest BCUT2D eigenvalue weighted by Gasteiger charge is -2.16. The maximum atomic E-state index is 11.7. The molecule has 5 atom stereocenters. The van der Waals surface area contributed by atoms with Crippen molar-refractivity contribution in [1.82, 2.24) is 24.8 Å². The van der Waals surface area contributed by atoms with Gasteiger partial charge in [0.2, 0.25) is 11.8 Å². The Bertz CT molecular complexity index is 871. The first-order valence-electron chi connectivity index (χ1n) is 7.90. The lowest BCUT2D eigenvalue weighted by molar-refractivity contribution is -0.124. The zero-order valence-electron chi connectivity index (χ0n) is 13.3. The van der Waals surface area contributed by atoms with E-state index in [4.69, 9.17) is 4.74 Å². The summed E-state index contributed by atoms with van der Waals surface area (Å²) in [6, 6.07) is -0.764.